The molecular formula is C13H18BrFN2O2S. The highest BCUT2D eigenvalue weighted by Gasteiger charge is 2.40. The Bertz CT molecular complexity index is 621. The monoisotopic (exact) mass is 364 g/mol. The number of benzene rings is 1. The third kappa shape index (κ3) is 2.58. The highest BCUT2D eigenvalue weighted by atomic mass is 79.9. The van der Waals surface area contributed by atoms with E-state index in [1.807, 2.05) is 13.8 Å². The average Bonchev–Trinajstić information content (AvgIpc) is 2.75. The van der Waals surface area contributed by atoms with E-state index in [0.29, 0.717) is 0 Å². The number of anilines is 1. The summed E-state index contributed by atoms with van der Waals surface area (Å²) in [6.45, 7) is 3.86. The molecule has 2 unspecified atom stereocenters. The summed E-state index contributed by atoms with van der Waals surface area (Å²) in [5.74, 6) is -0.567. The quantitative estimate of drug-likeness (QED) is 0.838. The van der Waals surface area contributed by atoms with Crippen LogP contribution in [0.5, 0.6) is 0 Å². The summed E-state index contributed by atoms with van der Waals surface area (Å²) in [4.78, 5) is -0.0297. The molecule has 1 fully saturated rings. The molecule has 2 atom stereocenters. The van der Waals surface area contributed by atoms with E-state index in [9.17, 15) is 12.8 Å². The van der Waals surface area contributed by atoms with Crippen LogP contribution in [0.1, 0.15) is 33.1 Å². The van der Waals surface area contributed by atoms with Crippen molar-refractivity contribution < 1.29 is 12.8 Å². The predicted molar refractivity (Wildman–Crippen MR) is 80.3 cm³/mol. The topological polar surface area (TPSA) is 63.4 Å². The standard InChI is InChI=1S/C13H18BrFN2O2S/c1-3-9-5-4-8(2)17(9)20(18,19)13-6-10(14)11(15)7-12(13)16/h6-9H,3-5,16H2,1-2H3. The second-order valence-corrected chi connectivity index (χ2v) is 7.79. The molecule has 1 heterocycles. The molecule has 1 saturated heterocycles. The van der Waals surface area contributed by atoms with Crippen LogP contribution in [0.25, 0.3) is 0 Å². The highest BCUT2D eigenvalue weighted by molar-refractivity contribution is 9.10. The third-order valence-electron chi connectivity index (χ3n) is 3.79. The predicted octanol–water partition coefficient (Wildman–Crippen LogP) is 3.12. The van der Waals surface area contributed by atoms with Gasteiger partial charge in [-0.05, 0) is 54.2 Å². The van der Waals surface area contributed by atoms with Crippen molar-refractivity contribution in [2.45, 2.75) is 50.1 Å². The lowest BCUT2D eigenvalue weighted by Crippen LogP contribution is -2.39. The van der Waals surface area contributed by atoms with E-state index >= 15 is 0 Å². The van der Waals surface area contributed by atoms with Gasteiger partial charge in [0.15, 0.2) is 0 Å². The Morgan fingerprint density at radius 2 is 2.10 bits per heavy atom. The highest BCUT2D eigenvalue weighted by Crippen LogP contribution is 2.35. The largest absolute Gasteiger partial charge is 0.398 e. The molecule has 1 aliphatic heterocycles. The molecule has 112 valence electrons. The van der Waals surface area contributed by atoms with Crippen LogP contribution < -0.4 is 5.73 Å². The minimum absolute atomic E-state index is 0.0155. The molecule has 0 aliphatic carbocycles. The SMILES string of the molecule is CCC1CCC(C)N1S(=O)(=O)c1cc(Br)c(F)cc1N. The smallest absolute Gasteiger partial charge is 0.245 e. The first-order valence-corrected chi connectivity index (χ1v) is 8.80. The second-order valence-electron chi connectivity index (χ2n) is 5.13. The van der Waals surface area contributed by atoms with E-state index in [-0.39, 0.29) is 27.1 Å². The van der Waals surface area contributed by atoms with Crippen molar-refractivity contribution in [1.82, 2.24) is 4.31 Å². The fourth-order valence-electron chi connectivity index (χ4n) is 2.75. The van der Waals surface area contributed by atoms with Crippen LogP contribution in [0.3, 0.4) is 0 Å². The molecule has 1 aromatic carbocycles. The minimum atomic E-state index is -3.71. The molecule has 0 bridgehead atoms. The lowest BCUT2D eigenvalue weighted by molar-refractivity contribution is 0.329. The molecule has 1 aliphatic rings. The van der Waals surface area contributed by atoms with Gasteiger partial charge in [0.25, 0.3) is 0 Å². The number of hydrogen-bond acceptors (Lipinski definition) is 3. The van der Waals surface area contributed by atoms with Crippen molar-refractivity contribution in [2.75, 3.05) is 5.73 Å². The maximum absolute atomic E-state index is 13.4. The molecule has 0 radical (unpaired) electrons. The van der Waals surface area contributed by atoms with Gasteiger partial charge in [-0.3, -0.25) is 0 Å². The van der Waals surface area contributed by atoms with Crippen LogP contribution in [0, 0.1) is 5.82 Å². The Labute approximate surface area is 127 Å². The van der Waals surface area contributed by atoms with Crippen molar-refractivity contribution in [3.8, 4) is 0 Å². The van der Waals surface area contributed by atoms with Gasteiger partial charge in [-0.25, -0.2) is 12.8 Å². The molecule has 2 rings (SSSR count). The zero-order valence-electron chi connectivity index (χ0n) is 11.4. The fraction of sp³-hybridized carbons (Fsp3) is 0.538. The van der Waals surface area contributed by atoms with E-state index in [4.69, 9.17) is 5.73 Å². The van der Waals surface area contributed by atoms with Crippen LogP contribution in [0.2, 0.25) is 0 Å². The number of halogens is 2. The lowest BCUT2D eigenvalue weighted by atomic mass is 10.2. The van der Waals surface area contributed by atoms with E-state index in [2.05, 4.69) is 15.9 Å². The summed E-state index contributed by atoms with van der Waals surface area (Å²) in [6, 6.07) is 2.21. The molecule has 7 heteroatoms. The van der Waals surface area contributed by atoms with Gasteiger partial charge in [0.05, 0.1) is 10.2 Å². The lowest BCUT2D eigenvalue weighted by Gasteiger charge is -2.27. The molecular weight excluding hydrogens is 347 g/mol. The van der Waals surface area contributed by atoms with Crippen molar-refractivity contribution in [1.29, 1.82) is 0 Å². The molecule has 0 aromatic heterocycles. The van der Waals surface area contributed by atoms with Crippen molar-refractivity contribution in [3.63, 3.8) is 0 Å². The summed E-state index contributed by atoms with van der Waals surface area (Å²) < 4.78 is 40.6. The first kappa shape index (κ1) is 15.7. The Morgan fingerprint density at radius 3 is 2.70 bits per heavy atom. The van der Waals surface area contributed by atoms with Gasteiger partial charge < -0.3 is 5.73 Å². The number of nitrogens with zero attached hydrogens (tertiary/aromatic N) is 1. The molecule has 0 amide bonds. The van der Waals surface area contributed by atoms with Gasteiger partial charge in [-0.15, -0.1) is 0 Å². The summed E-state index contributed by atoms with van der Waals surface area (Å²) >= 11 is 3.02. The van der Waals surface area contributed by atoms with Crippen molar-refractivity contribution in [2.24, 2.45) is 0 Å². The van der Waals surface area contributed by atoms with Crippen LogP contribution in [-0.4, -0.2) is 24.8 Å². The molecule has 4 nitrogen and oxygen atoms in total. The molecule has 1 aromatic rings. The first-order chi connectivity index (χ1) is 9.28. The van der Waals surface area contributed by atoms with Gasteiger partial charge >= 0.3 is 0 Å². The third-order valence-corrected chi connectivity index (χ3v) is 6.52. The fourth-order valence-corrected chi connectivity index (χ4v) is 5.32. The number of sulfonamides is 1. The maximum atomic E-state index is 13.4. The van der Waals surface area contributed by atoms with Crippen LogP contribution in [0.4, 0.5) is 10.1 Å². The molecule has 0 saturated carbocycles. The van der Waals surface area contributed by atoms with E-state index < -0.39 is 15.8 Å². The van der Waals surface area contributed by atoms with E-state index in [0.717, 1.165) is 25.3 Å². The Balaban J connectivity index is 2.53. The van der Waals surface area contributed by atoms with Crippen molar-refractivity contribution >= 4 is 31.6 Å². The Hall–Kier alpha value is -0.660. The molecule has 20 heavy (non-hydrogen) atoms. The molecule has 0 spiro atoms. The van der Waals surface area contributed by atoms with Gasteiger partial charge in [0.2, 0.25) is 10.0 Å². The maximum Gasteiger partial charge on any atom is 0.245 e. The summed E-state index contributed by atoms with van der Waals surface area (Å²) in [7, 11) is -3.71. The van der Waals surface area contributed by atoms with Crippen molar-refractivity contribution in [3.05, 3.63) is 22.4 Å². The van der Waals surface area contributed by atoms with Gasteiger partial charge in [-0.2, -0.15) is 4.31 Å². The van der Waals surface area contributed by atoms with Gasteiger partial charge in [-0.1, -0.05) is 6.92 Å². The summed E-state index contributed by atoms with van der Waals surface area (Å²) in [6.07, 6.45) is 2.44. The normalized spacial score (nSPS) is 24.2. The number of nitrogens with two attached hydrogens (primary N) is 1. The zero-order chi connectivity index (χ0) is 15.1. The zero-order valence-corrected chi connectivity index (χ0v) is 13.8. The first-order valence-electron chi connectivity index (χ1n) is 6.57. The average molecular weight is 365 g/mol. The van der Waals surface area contributed by atoms with Gasteiger partial charge in [0.1, 0.15) is 10.7 Å². The Morgan fingerprint density at radius 1 is 1.45 bits per heavy atom. The van der Waals surface area contributed by atoms with E-state index in [1.165, 1.54) is 10.4 Å². The summed E-state index contributed by atoms with van der Waals surface area (Å²) in [5, 5.41) is 0. The minimum Gasteiger partial charge on any atom is -0.398 e. The van der Waals surface area contributed by atoms with Crippen LogP contribution in [-0.2, 0) is 10.0 Å². The number of hydrogen-bond donors (Lipinski definition) is 1. The van der Waals surface area contributed by atoms with Gasteiger partial charge in [0, 0.05) is 12.1 Å². The second kappa shape index (κ2) is 5.61. The van der Waals surface area contributed by atoms with Crippen LogP contribution >= 0.6 is 15.9 Å². The molecule has 2 N–H and O–H groups in total. The number of rotatable bonds is 3. The summed E-state index contributed by atoms with van der Waals surface area (Å²) in [5.41, 5.74) is 5.65. The number of nitrogen functional groups attached to an aromatic ring is 1. The van der Waals surface area contributed by atoms with Crippen LogP contribution in [0.15, 0.2) is 21.5 Å². The Kier molecular flexibility index (Phi) is 4.41. The van der Waals surface area contributed by atoms with E-state index in [1.54, 1.807) is 0 Å².